The summed E-state index contributed by atoms with van der Waals surface area (Å²) in [7, 11) is 0. The molecule has 2 aliphatic rings. The Morgan fingerprint density at radius 2 is 1.42 bits per heavy atom. The van der Waals surface area contributed by atoms with Crippen molar-refractivity contribution in [2.24, 2.45) is 5.92 Å². The number of rotatable bonds is 23. The summed E-state index contributed by atoms with van der Waals surface area (Å²) in [5, 5.41) is 12.1. The van der Waals surface area contributed by atoms with Crippen LogP contribution in [0.15, 0.2) is 97.1 Å². The van der Waals surface area contributed by atoms with Crippen molar-refractivity contribution in [1.29, 1.82) is 0 Å². The van der Waals surface area contributed by atoms with Crippen LogP contribution in [0.4, 0.5) is 24.5 Å². The van der Waals surface area contributed by atoms with Crippen molar-refractivity contribution >= 4 is 47.4 Å². The molecule has 0 aliphatic carbocycles. The minimum Gasteiger partial charge on any atom is -0.493 e. The average Bonchev–Trinajstić information content (AvgIpc) is 3.38. The number of piperidine rings is 1. The number of alkyl carbamates (subject to hydrolysis) is 3. The summed E-state index contributed by atoms with van der Waals surface area (Å²) in [6.07, 6.45) is 1.67. The summed E-state index contributed by atoms with van der Waals surface area (Å²) < 4.78 is 37.0. The number of amides is 5. The highest BCUT2D eigenvalue weighted by Crippen LogP contribution is 2.28. The van der Waals surface area contributed by atoms with Gasteiger partial charge < -0.3 is 50.0 Å². The smallest absolute Gasteiger partial charge is 0.408 e. The molecule has 2 saturated heterocycles. The van der Waals surface area contributed by atoms with Gasteiger partial charge in [0.25, 0.3) is 0 Å². The fourth-order valence-corrected chi connectivity index (χ4v) is 9.28. The fourth-order valence-electron chi connectivity index (χ4n) is 9.09. The van der Waals surface area contributed by atoms with Gasteiger partial charge in [0.15, 0.2) is 0 Å². The standard InChI is InChI=1S/C56H73ClFN7O9/c1-5-71-49-21-14-20-47(58)46(49)37-64-31-33-65(34-32-64)52(67)51(62-54(69)73-39-41-17-10-7-11-18-41)42-24-28-63(29-25-42)30-26-43-35-44(57)22-23-48(43)61-50(66)36-45(60-55(70)74-56(2,3)4)19-12-13-27-59-53(68)72-38-40-15-8-6-9-16-40/h6-11,14-18,20-23,35,42,45,51H,5,12-13,19,24-34,36-39H2,1-4H3,(H,59,68)(H,60,70)(H,61,66)(H,62,69)/t45-,51+/m0/s1. The van der Waals surface area contributed by atoms with Gasteiger partial charge in [0.05, 0.1) is 6.61 Å². The van der Waals surface area contributed by atoms with Crippen molar-refractivity contribution in [1.82, 2.24) is 30.7 Å². The number of benzene rings is 4. The van der Waals surface area contributed by atoms with Gasteiger partial charge in [0.2, 0.25) is 11.8 Å². The number of hydrogen-bond acceptors (Lipinski definition) is 11. The second kappa shape index (κ2) is 28.9. The number of hydrogen-bond donors (Lipinski definition) is 4. The first-order valence-corrected chi connectivity index (χ1v) is 26.1. The molecule has 0 unspecified atom stereocenters. The first kappa shape index (κ1) is 56.9. The normalized spacial score (nSPS) is 15.3. The van der Waals surface area contributed by atoms with Gasteiger partial charge in [-0.05, 0) is 132 Å². The van der Waals surface area contributed by atoms with Crippen molar-refractivity contribution in [2.75, 3.05) is 64.3 Å². The zero-order valence-electron chi connectivity index (χ0n) is 43.2. The third-order valence-electron chi connectivity index (χ3n) is 13.0. The number of ether oxygens (including phenoxy) is 4. The van der Waals surface area contributed by atoms with E-state index in [9.17, 15) is 28.4 Å². The van der Waals surface area contributed by atoms with Gasteiger partial charge >= 0.3 is 18.3 Å². The Labute approximate surface area is 439 Å². The highest BCUT2D eigenvalue weighted by atomic mass is 35.5. The topological polar surface area (TPSA) is 180 Å². The van der Waals surface area contributed by atoms with Crippen LogP contribution >= 0.6 is 11.6 Å². The molecule has 74 heavy (non-hydrogen) atoms. The van der Waals surface area contributed by atoms with Crippen molar-refractivity contribution in [3.05, 3.63) is 130 Å². The van der Waals surface area contributed by atoms with Crippen molar-refractivity contribution in [3.63, 3.8) is 0 Å². The Morgan fingerprint density at radius 3 is 2.07 bits per heavy atom. The van der Waals surface area contributed by atoms with E-state index < -0.39 is 36.0 Å². The van der Waals surface area contributed by atoms with E-state index >= 15 is 0 Å². The minimum absolute atomic E-state index is 0.0201. The third-order valence-corrected chi connectivity index (χ3v) is 13.2. The van der Waals surface area contributed by atoms with Gasteiger partial charge in [-0.15, -0.1) is 0 Å². The number of nitrogens with one attached hydrogen (secondary N) is 4. The maximum absolute atomic E-state index is 14.9. The van der Waals surface area contributed by atoms with E-state index in [0.29, 0.717) is 126 Å². The molecule has 0 aromatic heterocycles. The highest BCUT2D eigenvalue weighted by Gasteiger charge is 2.37. The van der Waals surface area contributed by atoms with E-state index in [4.69, 9.17) is 30.5 Å². The van der Waals surface area contributed by atoms with Crippen molar-refractivity contribution in [2.45, 2.75) is 110 Å². The lowest BCUT2D eigenvalue weighted by atomic mass is 9.88. The number of likely N-dealkylation sites (tertiary alicyclic amines) is 1. The van der Waals surface area contributed by atoms with E-state index in [1.165, 1.54) is 6.07 Å². The molecule has 2 fully saturated rings. The van der Waals surface area contributed by atoms with E-state index in [-0.39, 0.29) is 43.2 Å². The van der Waals surface area contributed by atoms with Crippen LogP contribution in [-0.4, -0.2) is 121 Å². The first-order valence-electron chi connectivity index (χ1n) is 25.8. The monoisotopic (exact) mass is 1040 g/mol. The Balaban J connectivity index is 1.02. The molecule has 2 aliphatic heterocycles. The molecule has 0 bridgehead atoms. The van der Waals surface area contributed by atoms with Crippen molar-refractivity contribution < 1.29 is 47.3 Å². The molecule has 0 saturated carbocycles. The Hall–Kier alpha value is -6.43. The van der Waals surface area contributed by atoms with Crippen LogP contribution in [-0.2, 0) is 50.0 Å². The van der Waals surface area contributed by atoms with Gasteiger partial charge in [0, 0.05) is 74.5 Å². The summed E-state index contributed by atoms with van der Waals surface area (Å²) in [4.78, 5) is 72.7. The van der Waals surface area contributed by atoms with E-state index in [1.54, 1.807) is 49.9 Å². The number of nitrogens with zero attached hydrogens (tertiary/aromatic N) is 3. The van der Waals surface area contributed by atoms with Crippen LogP contribution in [0.5, 0.6) is 5.75 Å². The molecule has 4 aromatic rings. The predicted octanol–water partition coefficient (Wildman–Crippen LogP) is 9.09. The lowest BCUT2D eigenvalue weighted by molar-refractivity contribution is -0.137. The summed E-state index contributed by atoms with van der Waals surface area (Å²) in [5.74, 6) is -0.442. The van der Waals surface area contributed by atoms with Crippen LogP contribution in [0.2, 0.25) is 5.02 Å². The molecule has 0 radical (unpaired) electrons. The molecule has 6 rings (SSSR count). The first-order chi connectivity index (χ1) is 35.6. The molecule has 5 amide bonds. The Bertz CT molecular complexity index is 2430. The maximum Gasteiger partial charge on any atom is 0.408 e. The highest BCUT2D eigenvalue weighted by molar-refractivity contribution is 6.30. The van der Waals surface area contributed by atoms with E-state index in [2.05, 4.69) is 31.1 Å². The number of carbonyl (C=O) groups excluding carboxylic acids is 5. The van der Waals surface area contributed by atoms with Gasteiger partial charge in [-0.25, -0.2) is 18.8 Å². The molecular weight excluding hydrogens is 969 g/mol. The zero-order valence-corrected chi connectivity index (χ0v) is 43.9. The van der Waals surface area contributed by atoms with Gasteiger partial charge in [0.1, 0.15) is 36.4 Å². The lowest BCUT2D eigenvalue weighted by Crippen LogP contribution is -2.58. The van der Waals surface area contributed by atoms with Crippen LogP contribution in [0.3, 0.4) is 0 Å². The summed E-state index contributed by atoms with van der Waals surface area (Å²) in [6, 6.07) is 27.6. The molecule has 2 heterocycles. The average molecular weight is 1040 g/mol. The second-order valence-corrected chi connectivity index (χ2v) is 20.2. The molecule has 18 heteroatoms. The van der Waals surface area contributed by atoms with Gasteiger partial charge in [-0.1, -0.05) is 78.3 Å². The largest absolute Gasteiger partial charge is 0.493 e. The molecule has 4 N–H and O–H groups in total. The zero-order chi connectivity index (χ0) is 52.9. The van der Waals surface area contributed by atoms with Gasteiger partial charge in [-0.2, -0.15) is 0 Å². The molecule has 16 nitrogen and oxygen atoms in total. The third kappa shape index (κ3) is 19.1. The number of carbonyl (C=O) groups is 5. The predicted molar refractivity (Wildman–Crippen MR) is 282 cm³/mol. The lowest BCUT2D eigenvalue weighted by Gasteiger charge is -2.40. The molecule has 0 spiro atoms. The number of unbranched alkanes of at least 4 members (excludes halogenated alkanes) is 1. The molecule has 4 aromatic carbocycles. The van der Waals surface area contributed by atoms with Crippen LogP contribution in [0.25, 0.3) is 0 Å². The number of piperazine rings is 1. The molecular formula is C56H73ClFN7O9. The van der Waals surface area contributed by atoms with E-state index in [1.807, 2.05) is 73.7 Å². The maximum atomic E-state index is 14.9. The molecule has 2 atom stereocenters. The summed E-state index contributed by atoms with van der Waals surface area (Å²) in [5.41, 5.74) is 2.92. The SMILES string of the molecule is CCOc1cccc(F)c1CN1CCN(C(=O)[C@H](NC(=O)OCc2ccccc2)C2CCN(CCc3cc(Cl)ccc3NC(=O)C[C@H](CCCCNC(=O)OCc3ccccc3)NC(=O)OC(C)(C)C)CC2)CC1. The van der Waals surface area contributed by atoms with Gasteiger partial charge in [-0.3, -0.25) is 14.5 Å². The summed E-state index contributed by atoms with van der Waals surface area (Å²) >= 11 is 6.51. The van der Waals surface area contributed by atoms with Crippen LogP contribution in [0.1, 0.15) is 88.5 Å². The van der Waals surface area contributed by atoms with Crippen LogP contribution in [0, 0.1) is 11.7 Å². The molecule has 400 valence electrons. The Morgan fingerprint density at radius 1 is 0.757 bits per heavy atom. The number of halogens is 2. The Kier molecular flexibility index (Phi) is 22.2. The fraction of sp³-hybridized carbons (Fsp3) is 0.482. The van der Waals surface area contributed by atoms with Crippen LogP contribution < -0.4 is 26.0 Å². The second-order valence-electron chi connectivity index (χ2n) is 19.7. The summed E-state index contributed by atoms with van der Waals surface area (Å²) in [6.45, 7) is 12.4. The van der Waals surface area contributed by atoms with Crippen molar-refractivity contribution in [3.8, 4) is 5.75 Å². The van der Waals surface area contributed by atoms with E-state index in [0.717, 1.165) is 16.7 Å². The number of anilines is 1. The quantitative estimate of drug-likeness (QED) is 0.0411. The minimum atomic E-state index is -0.808.